The molecule has 0 aliphatic rings. The molecule has 2 N–H and O–H groups in total. The SMILES string of the molecule is Cn1nnnc1Oc1ccc(N)cc1. The average Bonchev–Trinajstić information content (AvgIpc) is 2.56. The van der Waals surface area contributed by atoms with Crippen molar-refractivity contribution < 1.29 is 4.74 Å². The van der Waals surface area contributed by atoms with Crippen molar-refractivity contribution in [2.45, 2.75) is 0 Å². The second-order valence-electron chi connectivity index (χ2n) is 2.76. The van der Waals surface area contributed by atoms with E-state index in [-0.39, 0.29) is 0 Å². The first-order chi connectivity index (χ1) is 6.75. The summed E-state index contributed by atoms with van der Waals surface area (Å²) in [7, 11) is 1.70. The predicted octanol–water partition coefficient (Wildman–Crippen LogP) is 0.585. The zero-order valence-electron chi connectivity index (χ0n) is 7.58. The van der Waals surface area contributed by atoms with Crippen LogP contribution in [-0.4, -0.2) is 20.2 Å². The third-order valence-corrected chi connectivity index (χ3v) is 1.67. The van der Waals surface area contributed by atoms with Crippen LogP contribution in [0.5, 0.6) is 11.8 Å². The van der Waals surface area contributed by atoms with Gasteiger partial charge in [-0.1, -0.05) is 5.10 Å². The Balaban J connectivity index is 2.19. The van der Waals surface area contributed by atoms with Gasteiger partial charge in [-0.15, -0.1) is 0 Å². The number of rotatable bonds is 2. The minimum atomic E-state index is 0.342. The molecule has 1 aromatic heterocycles. The summed E-state index contributed by atoms with van der Waals surface area (Å²) in [6.07, 6.45) is 0. The number of nitrogens with two attached hydrogens (primary N) is 1. The number of anilines is 1. The highest BCUT2D eigenvalue weighted by molar-refractivity contribution is 5.42. The fraction of sp³-hybridized carbons (Fsp3) is 0.125. The molecule has 72 valence electrons. The van der Waals surface area contributed by atoms with Gasteiger partial charge in [-0.3, -0.25) is 0 Å². The second kappa shape index (κ2) is 3.33. The fourth-order valence-electron chi connectivity index (χ4n) is 0.949. The number of nitrogen functional groups attached to an aromatic ring is 1. The van der Waals surface area contributed by atoms with Crippen molar-refractivity contribution in [3.8, 4) is 11.8 Å². The molecule has 0 radical (unpaired) electrons. The molecule has 1 aromatic carbocycles. The molecule has 0 aliphatic heterocycles. The monoisotopic (exact) mass is 191 g/mol. The van der Waals surface area contributed by atoms with Crippen LogP contribution in [0, 0.1) is 0 Å². The molecule has 1 heterocycles. The van der Waals surface area contributed by atoms with Crippen molar-refractivity contribution in [1.82, 2.24) is 20.2 Å². The van der Waals surface area contributed by atoms with Crippen LogP contribution in [-0.2, 0) is 7.05 Å². The summed E-state index contributed by atoms with van der Waals surface area (Å²) in [6.45, 7) is 0. The lowest BCUT2D eigenvalue weighted by Gasteiger charge is -2.02. The van der Waals surface area contributed by atoms with E-state index >= 15 is 0 Å². The van der Waals surface area contributed by atoms with E-state index in [9.17, 15) is 0 Å². The van der Waals surface area contributed by atoms with Gasteiger partial charge in [0, 0.05) is 12.7 Å². The van der Waals surface area contributed by atoms with Crippen LogP contribution in [0.3, 0.4) is 0 Å². The topological polar surface area (TPSA) is 78.8 Å². The number of aromatic nitrogens is 4. The quantitative estimate of drug-likeness (QED) is 0.702. The minimum Gasteiger partial charge on any atom is -0.423 e. The summed E-state index contributed by atoms with van der Waals surface area (Å²) in [5, 5.41) is 10.8. The molecule has 2 rings (SSSR count). The van der Waals surface area contributed by atoms with Crippen LogP contribution in [0.25, 0.3) is 0 Å². The molecule has 0 atom stereocenters. The molecule has 0 aliphatic carbocycles. The highest BCUT2D eigenvalue weighted by atomic mass is 16.5. The molecule has 0 unspecified atom stereocenters. The standard InChI is InChI=1S/C8H9N5O/c1-13-8(10-11-12-13)14-7-4-2-6(9)3-5-7/h2-5H,9H2,1H3. The van der Waals surface area contributed by atoms with Gasteiger partial charge < -0.3 is 10.5 Å². The zero-order chi connectivity index (χ0) is 9.97. The van der Waals surface area contributed by atoms with Crippen molar-refractivity contribution in [3.63, 3.8) is 0 Å². The molecule has 0 bridgehead atoms. The Bertz CT molecular complexity index is 422. The molecule has 0 saturated carbocycles. The summed E-state index contributed by atoms with van der Waals surface area (Å²) < 4.78 is 6.82. The van der Waals surface area contributed by atoms with Gasteiger partial charge in [0.2, 0.25) is 0 Å². The number of ether oxygens (including phenoxy) is 1. The first-order valence-corrected chi connectivity index (χ1v) is 4.01. The van der Waals surface area contributed by atoms with Gasteiger partial charge in [-0.2, -0.15) is 4.68 Å². The maximum atomic E-state index is 5.53. The second-order valence-corrected chi connectivity index (χ2v) is 2.76. The van der Waals surface area contributed by atoms with Crippen LogP contribution in [0.4, 0.5) is 5.69 Å². The molecular weight excluding hydrogens is 182 g/mol. The molecule has 2 aromatic rings. The largest absolute Gasteiger partial charge is 0.423 e. The number of tetrazole rings is 1. The van der Waals surface area contributed by atoms with E-state index in [1.165, 1.54) is 4.68 Å². The lowest BCUT2D eigenvalue weighted by atomic mass is 10.3. The van der Waals surface area contributed by atoms with Gasteiger partial charge in [0.15, 0.2) is 0 Å². The van der Waals surface area contributed by atoms with Crippen molar-refractivity contribution in [3.05, 3.63) is 24.3 Å². The maximum absolute atomic E-state index is 5.53. The Hall–Kier alpha value is -2.11. The summed E-state index contributed by atoms with van der Waals surface area (Å²) in [6, 6.07) is 7.35. The smallest absolute Gasteiger partial charge is 0.340 e. The number of benzene rings is 1. The average molecular weight is 191 g/mol. The van der Waals surface area contributed by atoms with E-state index in [4.69, 9.17) is 10.5 Å². The van der Waals surface area contributed by atoms with Crippen LogP contribution in [0.1, 0.15) is 0 Å². The molecule has 0 fully saturated rings. The summed E-state index contributed by atoms with van der Waals surface area (Å²) in [5.74, 6) is 0.650. The highest BCUT2D eigenvalue weighted by Crippen LogP contribution is 2.18. The van der Waals surface area contributed by atoms with Gasteiger partial charge >= 0.3 is 6.01 Å². The van der Waals surface area contributed by atoms with Crippen LogP contribution >= 0.6 is 0 Å². The zero-order valence-corrected chi connectivity index (χ0v) is 7.58. The van der Waals surface area contributed by atoms with E-state index in [0.29, 0.717) is 17.4 Å². The summed E-state index contributed by atoms with van der Waals surface area (Å²) in [5.41, 5.74) is 6.22. The van der Waals surface area contributed by atoms with E-state index in [1.54, 1.807) is 31.3 Å². The lowest BCUT2D eigenvalue weighted by Crippen LogP contribution is -1.96. The van der Waals surface area contributed by atoms with Gasteiger partial charge in [0.1, 0.15) is 5.75 Å². The predicted molar refractivity (Wildman–Crippen MR) is 49.7 cm³/mol. The summed E-state index contributed by atoms with van der Waals surface area (Å²) >= 11 is 0. The number of nitrogens with zero attached hydrogens (tertiary/aromatic N) is 4. The highest BCUT2D eigenvalue weighted by Gasteiger charge is 2.03. The third kappa shape index (κ3) is 1.63. The lowest BCUT2D eigenvalue weighted by molar-refractivity contribution is 0.415. The van der Waals surface area contributed by atoms with E-state index in [2.05, 4.69) is 15.5 Å². The minimum absolute atomic E-state index is 0.342. The van der Waals surface area contributed by atoms with Gasteiger partial charge in [-0.25, -0.2) is 0 Å². The molecular formula is C8H9N5O. The number of hydrogen-bond donors (Lipinski definition) is 1. The molecule has 0 saturated heterocycles. The fourth-order valence-corrected chi connectivity index (χ4v) is 0.949. The van der Waals surface area contributed by atoms with Crippen LogP contribution in [0.2, 0.25) is 0 Å². The van der Waals surface area contributed by atoms with Crippen molar-refractivity contribution in [1.29, 1.82) is 0 Å². The van der Waals surface area contributed by atoms with Crippen LogP contribution < -0.4 is 10.5 Å². The molecule has 14 heavy (non-hydrogen) atoms. The van der Waals surface area contributed by atoms with Crippen molar-refractivity contribution >= 4 is 5.69 Å². The first-order valence-electron chi connectivity index (χ1n) is 4.01. The van der Waals surface area contributed by atoms with Gasteiger partial charge in [0.25, 0.3) is 0 Å². The van der Waals surface area contributed by atoms with Gasteiger partial charge in [-0.05, 0) is 34.7 Å². The Morgan fingerprint density at radius 3 is 2.57 bits per heavy atom. The molecule has 6 heteroatoms. The molecule has 6 nitrogen and oxygen atoms in total. The van der Waals surface area contributed by atoms with E-state index < -0.39 is 0 Å². The van der Waals surface area contributed by atoms with E-state index in [1.807, 2.05) is 0 Å². The Labute approximate surface area is 80.3 Å². The van der Waals surface area contributed by atoms with Gasteiger partial charge in [0.05, 0.1) is 0 Å². The third-order valence-electron chi connectivity index (χ3n) is 1.67. The number of aryl methyl sites for hydroxylation is 1. The summed E-state index contributed by atoms with van der Waals surface area (Å²) in [4.78, 5) is 0. The normalized spacial score (nSPS) is 10.1. The number of hydrogen-bond acceptors (Lipinski definition) is 5. The van der Waals surface area contributed by atoms with Crippen LogP contribution in [0.15, 0.2) is 24.3 Å². The first kappa shape index (κ1) is 8.49. The van der Waals surface area contributed by atoms with Crippen molar-refractivity contribution in [2.24, 2.45) is 7.05 Å². The Morgan fingerprint density at radius 1 is 1.29 bits per heavy atom. The molecule has 0 amide bonds. The van der Waals surface area contributed by atoms with E-state index in [0.717, 1.165) is 0 Å². The Morgan fingerprint density at radius 2 is 2.00 bits per heavy atom. The maximum Gasteiger partial charge on any atom is 0.340 e. The Kier molecular flexibility index (Phi) is 2.02. The molecule has 0 spiro atoms. The van der Waals surface area contributed by atoms with Crippen molar-refractivity contribution in [2.75, 3.05) is 5.73 Å².